The lowest BCUT2D eigenvalue weighted by Gasteiger charge is -2.12. The minimum absolute atomic E-state index is 0.172. The van der Waals surface area contributed by atoms with Crippen molar-refractivity contribution < 1.29 is 14.3 Å². The maximum atomic E-state index is 12.0. The number of benzene rings is 1. The lowest BCUT2D eigenvalue weighted by molar-refractivity contribution is -0.116. The first-order valence-corrected chi connectivity index (χ1v) is 8.67. The van der Waals surface area contributed by atoms with Crippen molar-refractivity contribution in [2.45, 2.75) is 27.3 Å². The molecule has 0 fully saturated rings. The number of hydrogen-bond donors (Lipinski definition) is 1. The van der Waals surface area contributed by atoms with Crippen molar-refractivity contribution in [3.8, 4) is 11.5 Å². The number of aromatic nitrogens is 1. The van der Waals surface area contributed by atoms with Crippen molar-refractivity contribution >= 4 is 12.0 Å². The van der Waals surface area contributed by atoms with E-state index in [0.717, 1.165) is 16.8 Å². The summed E-state index contributed by atoms with van der Waals surface area (Å²) in [6.07, 6.45) is 4.97. The van der Waals surface area contributed by atoms with Gasteiger partial charge >= 0.3 is 0 Å². The van der Waals surface area contributed by atoms with Gasteiger partial charge in [-0.05, 0) is 48.2 Å². The van der Waals surface area contributed by atoms with Crippen LogP contribution in [0.3, 0.4) is 0 Å². The van der Waals surface area contributed by atoms with Gasteiger partial charge in [-0.1, -0.05) is 26.0 Å². The summed E-state index contributed by atoms with van der Waals surface area (Å²) >= 11 is 0. The van der Waals surface area contributed by atoms with Crippen LogP contribution in [0.5, 0.6) is 11.5 Å². The van der Waals surface area contributed by atoms with Crippen molar-refractivity contribution in [1.29, 1.82) is 0 Å². The molecule has 0 saturated carbocycles. The first kappa shape index (κ1) is 19.5. The Kier molecular flexibility index (Phi) is 7.21. The average molecular weight is 354 g/mol. The van der Waals surface area contributed by atoms with Crippen LogP contribution in [0.2, 0.25) is 0 Å². The van der Waals surface area contributed by atoms with E-state index in [1.807, 2.05) is 37.3 Å². The van der Waals surface area contributed by atoms with Crippen molar-refractivity contribution in [2.75, 3.05) is 13.7 Å². The molecule has 5 nitrogen and oxygen atoms in total. The SMILES string of the molecule is COc1cc(/C=C/C(=O)NCc2ncccc2C)ccc1OCC(C)C. The highest BCUT2D eigenvalue weighted by atomic mass is 16.5. The van der Waals surface area contributed by atoms with Gasteiger partial charge in [0.25, 0.3) is 0 Å². The summed E-state index contributed by atoms with van der Waals surface area (Å²) in [5, 5.41) is 2.84. The zero-order valence-corrected chi connectivity index (χ0v) is 15.8. The number of nitrogens with one attached hydrogen (secondary N) is 1. The van der Waals surface area contributed by atoms with Crippen LogP contribution in [0, 0.1) is 12.8 Å². The normalized spacial score (nSPS) is 11.0. The number of amides is 1. The van der Waals surface area contributed by atoms with Crippen LogP contribution in [-0.4, -0.2) is 24.6 Å². The molecule has 0 saturated heterocycles. The monoisotopic (exact) mass is 354 g/mol. The lowest BCUT2D eigenvalue weighted by Crippen LogP contribution is -2.21. The number of hydrogen-bond acceptors (Lipinski definition) is 4. The Morgan fingerprint density at radius 3 is 2.77 bits per heavy atom. The number of ether oxygens (including phenoxy) is 2. The highest BCUT2D eigenvalue weighted by molar-refractivity contribution is 5.91. The number of aryl methyl sites for hydroxylation is 1. The van der Waals surface area contributed by atoms with Gasteiger partial charge in [-0.15, -0.1) is 0 Å². The second-order valence-electron chi connectivity index (χ2n) is 6.43. The molecule has 1 N–H and O–H groups in total. The second-order valence-corrected chi connectivity index (χ2v) is 6.43. The molecule has 138 valence electrons. The minimum Gasteiger partial charge on any atom is -0.493 e. The maximum absolute atomic E-state index is 12.0. The lowest BCUT2D eigenvalue weighted by atomic mass is 10.1. The zero-order valence-electron chi connectivity index (χ0n) is 15.8. The molecule has 0 aliphatic heterocycles. The molecule has 0 atom stereocenters. The standard InChI is InChI=1S/C21H26N2O3/c1-15(2)14-26-19-9-7-17(12-20(19)25-4)8-10-21(24)23-13-18-16(3)6-5-11-22-18/h5-12,15H,13-14H2,1-4H3,(H,23,24)/b10-8+. The van der Waals surface area contributed by atoms with Crippen LogP contribution < -0.4 is 14.8 Å². The van der Waals surface area contributed by atoms with Gasteiger partial charge in [0.1, 0.15) is 0 Å². The Hall–Kier alpha value is -2.82. The molecule has 0 aliphatic carbocycles. The third-order valence-electron chi connectivity index (χ3n) is 3.73. The average Bonchev–Trinajstić information content (AvgIpc) is 2.64. The Morgan fingerprint density at radius 1 is 1.27 bits per heavy atom. The van der Waals surface area contributed by atoms with Gasteiger partial charge in [-0.25, -0.2) is 0 Å². The van der Waals surface area contributed by atoms with Crippen molar-refractivity contribution in [1.82, 2.24) is 10.3 Å². The first-order valence-electron chi connectivity index (χ1n) is 8.67. The van der Waals surface area contributed by atoms with E-state index in [4.69, 9.17) is 9.47 Å². The van der Waals surface area contributed by atoms with Gasteiger partial charge in [0.2, 0.25) is 5.91 Å². The molecular weight excluding hydrogens is 328 g/mol. The Morgan fingerprint density at radius 2 is 2.08 bits per heavy atom. The number of rotatable bonds is 8. The van der Waals surface area contributed by atoms with E-state index in [1.165, 1.54) is 6.08 Å². The molecule has 1 heterocycles. The second kappa shape index (κ2) is 9.61. The molecule has 0 spiro atoms. The molecule has 0 radical (unpaired) electrons. The van der Waals surface area contributed by atoms with Crippen molar-refractivity contribution in [3.63, 3.8) is 0 Å². The zero-order chi connectivity index (χ0) is 18.9. The number of methoxy groups -OCH3 is 1. The molecule has 1 amide bonds. The fourth-order valence-corrected chi connectivity index (χ4v) is 2.27. The summed E-state index contributed by atoms with van der Waals surface area (Å²) in [5.74, 6) is 1.62. The van der Waals surface area contributed by atoms with Crippen molar-refractivity contribution in [2.24, 2.45) is 5.92 Å². The molecule has 5 heteroatoms. The summed E-state index contributed by atoms with van der Waals surface area (Å²) in [6, 6.07) is 9.45. The summed E-state index contributed by atoms with van der Waals surface area (Å²) in [5.41, 5.74) is 2.78. The van der Waals surface area contributed by atoms with E-state index in [1.54, 1.807) is 19.4 Å². The van der Waals surface area contributed by atoms with E-state index >= 15 is 0 Å². The van der Waals surface area contributed by atoms with Crippen LogP contribution in [0.1, 0.15) is 30.7 Å². The highest BCUT2D eigenvalue weighted by Gasteiger charge is 2.06. The topological polar surface area (TPSA) is 60.5 Å². The van der Waals surface area contributed by atoms with Gasteiger partial charge < -0.3 is 14.8 Å². The number of nitrogens with zero attached hydrogens (tertiary/aromatic N) is 1. The summed E-state index contributed by atoms with van der Waals surface area (Å²) in [7, 11) is 1.60. The van der Waals surface area contributed by atoms with Gasteiger partial charge in [0.05, 0.1) is 26.0 Å². The molecular formula is C21H26N2O3. The quantitative estimate of drug-likeness (QED) is 0.733. The number of carbonyl (C=O) groups excluding carboxylic acids is 1. The molecule has 2 rings (SSSR count). The number of pyridine rings is 1. The fraction of sp³-hybridized carbons (Fsp3) is 0.333. The molecule has 2 aromatic rings. The van der Waals surface area contributed by atoms with Crippen LogP contribution in [-0.2, 0) is 11.3 Å². The fourth-order valence-electron chi connectivity index (χ4n) is 2.27. The Labute approximate surface area is 155 Å². The largest absolute Gasteiger partial charge is 0.493 e. The van der Waals surface area contributed by atoms with E-state index in [0.29, 0.717) is 30.6 Å². The third-order valence-corrected chi connectivity index (χ3v) is 3.73. The molecule has 1 aromatic carbocycles. The van der Waals surface area contributed by atoms with Crippen LogP contribution in [0.25, 0.3) is 6.08 Å². The summed E-state index contributed by atoms with van der Waals surface area (Å²) in [6.45, 7) is 7.19. The maximum Gasteiger partial charge on any atom is 0.244 e. The van der Waals surface area contributed by atoms with Gasteiger partial charge in [0, 0.05) is 12.3 Å². The molecule has 0 bridgehead atoms. The Bertz CT molecular complexity index is 770. The molecule has 26 heavy (non-hydrogen) atoms. The summed E-state index contributed by atoms with van der Waals surface area (Å²) in [4.78, 5) is 16.3. The predicted octanol–water partition coefficient (Wildman–Crippen LogP) is 3.76. The molecule has 1 aromatic heterocycles. The van der Waals surface area contributed by atoms with Gasteiger partial charge in [-0.3, -0.25) is 9.78 Å². The minimum atomic E-state index is -0.172. The molecule has 0 unspecified atom stereocenters. The van der Waals surface area contributed by atoms with E-state index in [9.17, 15) is 4.79 Å². The van der Waals surface area contributed by atoms with Crippen LogP contribution in [0.15, 0.2) is 42.6 Å². The molecule has 0 aliphatic rings. The van der Waals surface area contributed by atoms with Crippen LogP contribution >= 0.6 is 0 Å². The third kappa shape index (κ3) is 5.92. The van der Waals surface area contributed by atoms with E-state index in [-0.39, 0.29) is 5.91 Å². The Balaban J connectivity index is 1.96. The number of carbonyl (C=O) groups is 1. The van der Waals surface area contributed by atoms with E-state index < -0.39 is 0 Å². The van der Waals surface area contributed by atoms with Gasteiger partial charge in [-0.2, -0.15) is 0 Å². The van der Waals surface area contributed by atoms with Crippen LogP contribution in [0.4, 0.5) is 0 Å². The predicted molar refractivity (Wildman–Crippen MR) is 103 cm³/mol. The van der Waals surface area contributed by atoms with Crippen molar-refractivity contribution in [3.05, 3.63) is 59.4 Å². The smallest absolute Gasteiger partial charge is 0.244 e. The van der Waals surface area contributed by atoms with Gasteiger partial charge in [0.15, 0.2) is 11.5 Å². The summed E-state index contributed by atoms with van der Waals surface area (Å²) < 4.78 is 11.1. The van der Waals surface area contributed by atoms with E-state index in [2.05, 4.69) is 24.1 Å². The first-order chi connectivity index (χ1) is 12.5. The highest BCUT2D eigenvalue weighted by Crippen LogP contribution is 2.28.